The van der Waals surface area contributed by atoms with E-state index in [4.69, 9.17) is 0 Å². The first-order valence-corrected chi connectivity index (χ1v) is 9.98. The van der Waals surface area contributed by atoms with E-state index in [-0.39, 0.29) is 18.4 Å². The summed E-state index contributed by atoms with van der Waals surface area (Å²) in [6.07, 6.45) is 3.42. The van der Waals surface area contributed by atoms with Crippen LogP contribution in [0.5, 0.6) is 0 Å². The van der Waals surface area contributed by atoms with Crippen LogP contribution in [0.1, 0.15) is 29.9 Å². The number of aliphatic carboxylic acids is 1. The van der Waals surface area contributed by atoms with Crippen LogP contribution >= 0.6 is 0 Å². The fraction of sp³-hybridized carbons (Fsp3) is 0.304. The molecule has 1 aliphatic rings. The first-order chi connectivity index (χ1) is 14.1. The number of carboxylic acid groups (broad SMARTS) is 1. The number of carbonyl (C=O) groups is 2. The van der Waals surface area contributed by atoms with E-state index in [1.165, 1.54) is 0 Å². The number of benzene rings is 2. The molecule has 2 atom stereocenters. The van der Waals surface area contributed by atoms with Crippen molar-refractivity contribution in [2.75, 3.05) is 19.6 Å². The van der Waals surface area contributed by atoms with Crippen molar-refractivity contribution >= 4 is 22.8 Å². The van der Waals surface area contributed by atoms with Gasteiger partial charge in [0.1, 0.15) is 6.04 Å². The predicted octanol–water partition coefficient (Wildman–Crippen LogP) is 2.97. The first-order valence-electron chi connectivity index (χ1n) is 9.98. The molecule has 6 heteroatoms. The Bertz CT molecular complexity index is 999. The summed E-state index contributed by atoms with van der Waals surface area (Å²) in [5.74, 6) is -0.986. The predicted molar refractivity (Wildman–Crippen MR) is 112 cm³/mol. The van der Waals surface area contributed by atoms with Gasteiger partial charge in [-0.2, -0.15) is 0 Å². The van der Waals surface area contributed by atoms with Crippen molar-refractivity contribution in [2.45, 2.75) is 24.8 Å². The summed E-state index contributed by atoms with van der Waals surface area (Å²) in [4.78, 5) is 29.0. The van der Waals surface area contributed by atoms with E-state index in [0.717, 1.165) is 28.5 Å². The lowest BCUT2D eigenvalue weighted by atomic mass is 9.91. The Hall–Kier alpha value is -3.12. The fourth-order valence-electron chi connectivity index (χ4n) is 4.23. The Morgan fingerprint density at radius 2 is 1.90 bits per heavy atom. The van der Waals surface area contributed by atoms with Gasteiger partial charge in [-0.15, -0.1) is 0 Å². The molecule has 6 nitrogen and oxygen atoms in total. The number of fused-ring (bicyclic) bond motifs is 1. The highest BCUT2D eigenvalue weighted by atomic mass is 16.4. The summed E-state index contributed by atoms with van der Waals surface area (Å²) < 4.78 is 0. The Labute approximate surface area is 169 Å². The van der Waals surface area contributed by atoms with E-state index >= 15 is 0 Å². The van der Waals surface area contributed by atoms with Gasteiger partial charge in [-0.05, 0) is 36.6 Å². The molecule has 2 heterocycles. The average molecular weight is 391 g/mol. The van der Waals surface area contributed by atoms with Crippen LogP contribution in [-0.2, 0) is 9.59 Å². The maximum absolute atomic E-state index is 12.6. The van der Waals surface area contributed by atoms with E-state index in [0.29, 0.717) is 19.5 Å². The van der Waals surface area contributed by atoms with Gasteiger partial charge in [-0.25, -0.2) is 0 Å². The SMILES string of the molecule is O=C(CN1CCC[C@@H]1C(=O)O)NC[C@H](c1ccccc1)c1c[nH]c2ccccc12. The molecule has 0 saturated carbocycles. The van der Waals surface area contributed by atoms with Gasteiger partial charge in [0.2, 0.25) is 5.91 Å². The lowest BCUT2D eigenvalue weighted by molar-refractivity contribution is -0.142. The second kappa shape index (κ2) is 8.49. The normalized spacial score (nSPS) is 18.0. The molecule has 0 radical (unpaired) electrons. The Balaban J connectivity index is 1.51. The number of rotatable bonds is 7. The van der Waals surface area contributed by atoms with Gasteiger partial charge in [-0.1, -0.05) is 48.5 Å². The van der Waals surface area contributed by atoms with Gasteiger partial charge < -0.3 is 15.4 Å². The van der Waals surface area contributed by atoms with Gasteiger partial charge in [-0.3, -0.25) is 14.5 Å². The summed E-state index contributed by atoms with van der Waals surface area (Å²) >= 11 is 0. The van der Waals surface area contributed by atoms with E-state index < -0.39 is 12.0 Å². The summed E-state index contributed by atoms with van der Waals surface area (Å²) in [6, 6.07) is 17.7. The number of likely N-dealkylation sites (tertiary alicyclic amines) is 1. The molecule has 1 aromatic heterocycles. The highest BCUT2D eigenvalue weighted by Gasteiger charge is 2.31. The molecule has 3 N–H and O–H groups in total. The van der Waals surface area contributed by atoms with Crippen molar-refractivity contribution in [3.63, 3.8) is 0 Å². The van der Waals surface area contributed by atoms with Gasteiger partial charge in [0.15, 0.2) is 0 Å². The molecule has 1 fully saturated rings. The van der Waals surface area contributed by atoms with Gasteiger partial charge in [0, 0.05) is 29.6 Å². The molecule has 0 unspecified atom stereocenters. The number of hydrogen-bond acceptors (Lipinski definition) is 3. The van der Waals surface area contributed by atoms with Gasteiger partial charge >= 0.3 is 5.97 Å². The van der Waals surface area contributed by atoms with E-state index in [1.54, 1.807) is 4.90 Å². The van der Waals surface area contributed by atoms with E-state index in [9.17, 15) is 14.7 Å². The summed E-state index contributed by atoms with van der Waals surface area (Å²) in [5, 5.41) is 13.5. The van der Waals surface area contributed by atoms with Crippen molar-refractivity contribution in [3.8, 4) is 0 Å². The quantitative estimate of drug-likeness (QED) is 0.578. The lowest BCUT2D eigenvalue weighted by Gasteiger charge is -2.22. The van der Waals surface area contributed by atoms with Crippen molar-refractivity contribution in [2.24, 2.45) is 0 Å². The van der Waals surface area contributed by atoms with E-state index in [1.807, 2.05) is 42.6 Å². The number of H-pyrrole nitrogens is 1. The summed E-state index contributed by atoms with van der Waals surface area (Å²) in [7, 11) is 0. The van der Waals surface area contributed by atoms with Crippen molar-refractivity contribution < 1.29 is 14.7 Å². The van der Waals surface area contributed by atoms with Crippen LogP contribution in [0, 0.1) is 0 Å². The molecule has 4 rings (SSSR count). The Morgan fingerprint density at radius 3 is 2.69 bits per heavy atom. The zero-order valence-corrected chi connectivity index (χ0v) is 16.2. The molecule has 29 heavy (non-hydrogen) atoms. The molecule has 3 aromatic rings. The standard InChI is InChI=1S/C23H25N3O3/c27-22(15-26-12-6-11-21(26)23(28)29)25-13-18(16-7-2-1-3-8-16)19-14-24-20-10-5-4-9-17(19)20/h1-5,7-10,14,18,21,24H,6,11-13,15H2,(H,25,27)(H,28,29)/t18-,21-/m1/s1. The second-order valence-electron chi connectivity index (χ2n) is 7.52. The number of amides is 1. The van der Waals surface area contributed by atoms with Crippen LogP contribution in [-0.4, -0.2) is 52.5 Å². The maximum Gasteiger partial charge on any atom is 0.320 e. The Kier molecular flexibility index (Phi) is 5.62. The van der Waals surface area contributed by atoms with Crippen LogP contribution in [0.3, 0.4) is 0 Å². The monoisotopic (exact) mass is 391 g/mol. The molecule has 0 aliphatic carbocycles. The smallest absolute Gasteiger partial charge is 0.320 e. The lowest BCUT2D eigenvalue weighted by Crippen LogP contribution is -2.43. The third kappa shape index (κ3) is 4.17. The molecular weight excluding hydrogens is 366 g/mol. The van der Waals surface area contributed by atoms with Crippen LogP contribution in [0.15, 0.2) is 60.8 Å². The average Bonchev–Trinajstić information content (AvgIpc) is 3.36. The Morgan fingerprint density at radius 1 is 1.14 bits per heavy atom. The summed E-state index contributed by atoms with van der Waals surface area (Å²) in [6.45, 7) is 1.22. The number of nitrogens with zero attached hydrogens (tertiary/aromatic N) is 1. The highest BCUT2D eigenvalue weighted by Crippen LogP contribution is 2.30. The second-order valence-corrected chi connectivity index (χ2v) is 7.52. The number of hydrogen-bond donors (Lipinski definition) is 3. The number of para-hydroxylation sites is 1. The number of carbonyl (C=O) groups excluding carboxylic acids is 1. The third-order valence-electron chi connectivity index (χ3n) is 5.70. The van der Waals surface area contributed by atoms with Gasteiger partial charge in [0.05, 0.1) is 6.54 Å². The highest BCUT2D eigenvalue weighted by molar-refractivity contribution is 5.84. The zero-order chi connectivity index (χ0) is 20.2. The minimum Gasteiger partial charge on any atom is -0.480 e. The van der Waals surface area contributed by atoms with Crippen molar-refractivity contribution in [1.82, 2.24) is 15.2 Å². The fourth-order valence-corrected chi connectivity index (χ4v) is 4.23. The first kappa shape index (κ1) is 19.2. The molecule has 1 amide bonds. The minimum absolute atomic E-state index is 0.00477. The zero-order valence-electron chi connectivity index (χ0n) is 16.2. The largest absolute Gasteiger partial charge is 0.480 e. The maximum atomic E-state index is 12.6. The molecule has 0 bridgehead atoms. The van der Waals surface area contributed by atoms with Crippen LogP contribution in [0.25, 0.3) is 10.9 Å². The van der Waals surface area contributed by atoms with Gasteiger partial charge in [0.25, 0.3) is 0 Å². The molecule has 0 spiro atoms. The topological polar surface area (TPSA) is 85.4 Å². The van der Waals surface area contributed by atoms with Crippen LogP contribution in [0.2, 0.25) is 0 Å². The minimum atomic E-state index is -0.851. The van der Waals surface area contributed by atoms with E-state index in [2.05, 4.69) is 28.5 Å². The number of nitrogens with one attached hydrogen (secondary N) is 2. The molecule has 1 saturated heterocycles. The number of aromatic amines is 1. The number of carboxylic acids is 1. The third-order valence-corrected chi connectivity index (χ3v) is 5.70. The summed E-state index contributed by atoms with van der Waals surface area (Å²) in [5.41, 5.74) is 3.33. The molecule has 1 aliphatic heterocycles. The van der Waals surface area contributed by atoms with Crippen molar-refractivity contribution in [3.05, 3.63) is 71.9 Å². The molecular formula is C23H25N3O3. The van der Waals surface area contributed by atoms with Crippen molar-refractivity contribution in [1.29, 1.82) is 0 Å². The number of aromatic nitrogens is 1. The molecule has 2 aromatic carbocycles. The van der Waals surface area contributed by atoms with Crippen LogP contribution < -0.4 is 5.32 Å². The molecule has 150 valence electrons. The van der Waals surface area contributed by atoms with Crippen LogP contribution in [0.4, 0.5) is 0 Å².